The van der Waals surface area contributed by atoms with Crippen LogP contribution in [-0.4, -0.2) is 50.6 Å². The molecule has 1 N–H and O–H groups in total. The number of fused-ring (bicyclic) bond motifs is 1. The summed E-state index contributed by atoms with van der Waals surface area (Å²) in [5.41, 5.74) is 0.988. The Morgan fingerprint density at radius 2 is 1.68 bits per heavy atom. The first-order valence-corrected chi connectivity index (χ1v) is 12.8. The van der Waals surface area contributed by atoms with Crippen molar-refractivity contribution in [2.75, 3.05) is 19.9 Å². The van der Waals surface area contributed by atoms with Gasteiger partial charge in [-0.3, -0.25) is 4.79 Å². The van der Waals surface area contributed by atoms with E-state index in [1.54, 1.807) is 12.1 Å². The highest BCUT2D eigenvalue weighted by molar-refractivity contribution is 7.89. The third-order valence-corrected chi connectivity index (χ3v) is 7.76. The van der Waals surface area contributed by atoms with Crippen molar-refractivity contribution in [1.29, 1.82) is 0 Å². The highest BCUT2D eigenvalue weighted by atomic mass is 32.2. The highest BCUT2D eigenvalue weighted by Crippen LogP contribution is 2.32. The minimum Gasteiger partial charge on any atom is -0.454 e. The monoisotopic (exact) mass is 488 g/mol. The molecule has 0 aliphatic carbocycles. The van der Waals surface area contributed by atoms with Crippen molar-refractivity contribution >= 4 is 21.9 Å². The summed E-state index contributed by atoms with van der Waals surface area (Å²) in [6.07, 6.45) is 2.72. The van der Waals surface area contributed by atoms with Crippen LogP contribution in [0, 0.1) is 0 Å². The molecule has 0 bridgehead atoms. The number of esters is 1. The minimum atomic E-state index is -3.60. The number of nitrogens with one attached hydrogen (secondary N) is 1. The van der Waals surface area contributed by atoms with Crippen LogP contribution in [0.25, 0.3) is 0 Å². The van der Waals surface area contributed by atoms with Crippen molar-refractivity contribution in [3.63, 3.8) is 0 Å². The Kier molecular flexibility index (Phi) is 7.38. The number of nitrogens with zero attached hydrogens (tertiary/aromatic N) is 1. The van der Waals surface area contributed by atoms with Crippen molar-refractivity contribution in [3.8, 4) is 11.5 Å². The highest BCUT2D eigenvalue weighted by Gasteiger charge is 2.26. The third-order valence-electron chi connectivity index (χ3n) is 5.85. The number of sulfonamides is 1. The summed E-state index contributed by atoms with van der Waals surface area (Å²) in [6.45, 7) is 2.89. The van der Waals surface area contributed by atoms with E-state index in [0.717, 1.165) is 31.2 Å². The van der Waals surface area contributed by atoms with Crippen LogP contribution in [0.1, 0.15) is 48.5 Å². The van der Waals surface area contributed by atoms with Gasteiger partial charge in [-0.2, -0.15) is 4.31 Å². The molecule has 182 valence electrons. The Morgan fingerprint density at radius 3 is 2.38 bits per heavy atom. The molecule has 1 amide bonds. The first-order chi connectivity index (χ1) is 16.3. The number of carbonyl (C=O) groups is 2. The van der Waals surface area contributed by atoms with Crippen LogP contribution in [0.2, 0.25) is 0 Å². The van der Waals surface area contributed by atoms with Crippen molar-refractivity contribution in [1.82, 2.24) is 9.62 Å². The molecule has 2 aromatic carbocycles. The molecule has 10 heteroatoms. The number of carbonyl (C=O) groups excluding carboxylic acids is 2. The minimum absolute atomic E-state index is 0.139. The van der Waals surface area contributed by atoms with Crippen molar-refractivity contribution in [2.24, 2.45) is 0 Å². The molecule has 1 atom stereocenters. The van der Waals surface area contributed by atoms with Crippen molar-refractivity contribution < 1.29 is 32.2 Å². The predicted molar refractivity (Wildman–Crippen MR) is 123 cm³/mol. The zero-order valence-electron chi connectivity index (χ0n) is 19.0. The summed E-state index contributed by atoms with van der Waals surface area (Å²) in [5.74, 6) is 0.117. The molecular weight excluding hydrogens is 460 g/mol. The van der Waals surface area contributed by atoms with Crippen LogP contribution >= 0.6 is 0 Å². The summed E-state index contributed by atoms with van der Waals surface area (Å²) in [7, 11) is -3.60. The third kappa shape index (κ3) is 5.51. The molecule has 2 aromatic rings. The molecule has 2 heterocycles. The molecule has 2 aliphatic heterocycles. The summed E-state index contributed by atoms with van der Waals surface area (Å²) in [5, 5.41) is 2.72. The maximum Gasteiger partial charge on any atom is 0.338 e. The number of amides is 1. The van der Waals surface area contributed by atoms with Crippen molar-refractivity contribution in [2.45, 2.75) is 50.2 Å². The Bertz CT molecular complexity index is 1140. The molecule has 4 rings (SSSR count). The first kappa shape index (κ1) is 24.0. The molecule has 2 aliphatic rings. The average molecular weight is 489 g/mol. The largest absolute Gasteiger partial charge is 0.454 e. The standard InChI is InChI=1S/C24H28N2O7S/c1-17(23(27)25-15-18-6-11-21-22(14-18)32-16-31-21)33-24(28)19-7-9-20(10-8-19)34(29,30)26-12-4-2-3-5-13-26/h6-11,14,17H,2-5,12-13,15-16H2,1H3,(H,25,27). The van der Waals surface area contributed by atoms with Gasteiger partial charge in [-0.15, -0.1) is 0 Å². The van der Waals surface area contributed by atoms with Crippen LogP contribution in [-0.2, 0) is 26.1 Å². The number of hydrogen-bond acceptors (Lipinski definition) is 7. The lowest BCUT2D eigenvalue weighted by Crippen LogP contribution is -2.35. The van der Waals surface area contributed by atoms with E-state index in [1.807, 2.05) is 6.07 Å². The van der Waals surface area contributed by atoms with E-state index in [-0.39, 0.29) is 23.8 Å². The second-order valence-corrected chi connectivity index (χ2v) is 10.2. The summed E-state index contributed by atoms with van der Waals surface area (Å²) in [4.78, 5) is 25.0. The Morgan fingerprint density at radius 1 is 1.00 bits per heavy atom. The van der Waals surface area contributed by atoms with Crippen molar-refractivity contribution in [3.05, 3.63) is 53.6 Å². The Hall–Kier alpha value is -3.11. The fourth-order valence-corrected chi connectivity index (χ4v) is 5.38. The molecule has 1 unspecified atom stereocenters. The van der Waals surface area contributed by atoms with Crippen LogP contribution in [0.5, 0.6) is 11.5 Å². The van der Waals surface area contributed by atoms with Gasteiger partial charge in [-0.05, 0) is 61.7 Å². The SMILES string of the molecule is CC(OC(=O)c1ccc(S(=O)(=O)N2CCCCCC2)cc1)C(=O)NCc1ccc2c(c1)OCO2. The molecular formula is C24H28N2O7S. The van der Waals surface area contributed by atoms with E-state index in [0.29, 0.717) is 24.6 Å². The number of benzene rings is 2. The quantitative estimate of drug-likeness (QED) is 0.597. The Balaban J connectivity index is 1.31. The van der Waals surface area contributed by atoms with Gasteiger partial charge in [-0.25, -0.2) is 13.2 Å². The van der Waals surface area contributed by atoms with Gasteiger partial charge in [-0.1, -0.05) is 18.9 Å². The lowest BCUT2D eigenvalue weighted by Gasteiger charge is -2.20. The average Bonchev–Trinajstić information content (AvgIpc) is 3.12. The topological polar surface area (TPSA) is 111 Å². The van der Waals surface area contributed by atoms with Gasteiger partial charge in [0.25, 0.3) is 5.91 Å². The maximum absolute atomic E-state index is 12.9. The second-order valence-electron chi connectivity index (χ2n) is 8.30. The zero-order valence-corrected chi connectivity index (χ0v) is 19.8. The summed E-state index contributed by atoms with van der Waals surface area (Å²) < 4.78 is 43.1. The number of ether oxygens (including phenoxy) is 3. The molecule has 9 nitrogen and oxygen atoms in total. The molecule has 34 heavy (non-hydrogen) atoms. The van der Waals surface area contributed by atoms with Crippen LogP contribution in [0.3, 0.4) is 0 Å². The second kappa shape index (κ2) is 10.4. The van der Waals surface area contributed by atoms with E-state index < -0.39 is 28.0 Å². The van der Waals surface area contributed by atoms with Gasteiger partial charge < -0.3 is 19.5 Å². The molecule has 1 saturated heterocycles. The lowest BCUT2D eigenvalue weighted by atomic mass is 10.2. The van der Waals surface area contributed by atoms with E-state index in [9.17, 15) is 18.0 Å². The fraction of sp³-hybridized carbons (Fsp3) is 0.417. The number of rotatable bonds is 7. The fourth-order valence-electron chi connectivity index (χ4n) is 3.86. The summed E-state index contributed by atoms with van der Waals surface area (Å²) in [6, 6.07) is 11.0. The molecule has 1 fully saturated rings. The zero-order chi connectivity index (χ0) is 24.1. The van der Waals surface area contributed by atoms with Crippen LogP contribution < -0.4 is 14.8 Å². The van der Waals surface area contributed by atoms with E-state index in [2.05, 4.69) is 5.32 Å². The van der Waals surface area contributed by atoms with Gasteiger partial charge in [0, 0.05) is 19.6 Å². The van der Waals surface area contributed by atoms with Gasteiger partial charge >= 0.3 is 5.97 Å². The molecule has 0 saturated carbocycles. The lowest BCUT2D eigenvalue weighted by molar-refractivity contribution is -0.129. The number of hydrogen-bond donors (Lipinski definition) is 1. The van der Waals surface area contributed by atoms with Gasteiger partial charge in [0.15, 0.2) is 17.6 Å². The molecule has 0 radical (unpaired) electrons. The van der Waals surface area contributed by atoms with E-state index >= 15 is 0 Å². The van der Waals surface area contributed by atoms with Crippen LogP contribution in [0.15, 0.2) is 47.4 Å². The van der Waals surface area contributed by atoms with Gasteiger partial charge in [0.05, 0.1) is 10.5 Å². The summed E-state index contributed by atoms with van der Waals surface area (Å²) >= 11 is 0. The smallest absolute Gasteiger partial charge is 0.338 e. The van der Waals surface area contributed by atoms with E-state index in [1.165, 1.54) is 35.5 Å². The van der Waals surface area contributed by atoms with E-state index in [4.69, 9.17) is 14.2 Å². The molecule has 0 spiro atoms. The van der Waals surface area contributed by atoms with Crippen LogP contribution in [0.4, 0.5) is 0 Å². The predicted octanol–water partition coefficient (Wildman–Crippen LogP) is 2.84. The normalized spacial score (nSPS) is 17.0. The maximum atomic E-state index is 12.9. The Labute approximate surface area is 199 Å². The van der Waals surface area contributed by atoms with Gasteiger partial charge in [0.1, 0.15) is 0 Å². The van der Waals surface area contributed by atoms with Gasteiger partial charge in [0.2, 0.25) is 16.8 Å². The first-order valence-electron chi connectivity index (χ1n) is 11.3. The molecule has 0 aromatic heterocycles.